The molecule has 0 fully saturated rings. The van der Waals surface area contributed by atoms with E-state index in [2.05, 4.69) is 20.6 Å². The monoisotopic (exact) mass is 272 g/mol. The van der Waals surface area contributed by atoms with Crippen molar-refractivity contribution in [2.24, 2.45) is 0 Å². The molecule has 0 saturated heterocycles. The van der Waals surface area contributed by atoms with Gasteiger partial charge in [0.15, 0.2) is 0 Å². The van der Waals surface area contributed by atoms with Crippen molar-refractivity contribution in [1.29, 1.82) is 0 Å². The van der Waals surface area contributed by atoms with Crippen molar-refractivity contribution in [2.75, 3.05) is 19.0 Å². The van der Waals surface area contributed by atoms with E-state index in [-0.39, 0.29) is 5.75 Å². The topological polar surface area (TPSA) is 79.3 Å². The number of nitrogens with one attached hydrogen (secondary N) is 2. The van der Waals surface area contributed by atoms with Crippen LogP contribution in [0.2, 0.25) is 0 Å². The number of phenols is 1. The maximum Gasteiger partial charge on any atom is 0.318 e. The summed E-state index contributed by atoms with van der Waals surface area (Å²) < 4.78 is 5.16. The average molecular weight is 272 g/mol. The fourth-order valence-electron chi connectivity index (χ4n) is 2.20. The van der Waals surface area contributed by atoms with Crippen LogP contribution in [0.15, 0.2) is 24.3 Å². The summed E-state index contributed by atoms with van der Waals surface area (Å²) >= 11 is 0. The van der Waals surface area contributed by atoms with Crippen molar-refractivity contribution in [1.82, 2.24) is 15.3 Å². The van der Waals surface area contributed by atoms with Gasteiger partial charge in [0.05, 0.1) is 12.8 Å². The Morgan fingerprint density at radius 3 is 2.80 bits per heavy atom. The molecule has 0 unspecified atom stereocenters. The summed E-state index contributed by atoms with van der Waals surface area (Å²) in [6.07, 6.45) is 0.860. The standard InChI is InChI=1S/C14H16N4O2/c1-20-14-17-12-6-7-15-8-11(12)13(18-14)16-9-2-4-10(19)5-3-9/h2-5,15,19H,6-8H2,1H3,(H,16,17,18). The molecule has 6 nitrogen and oxygen atoms in total. The van der Waals surface area contributed by atoms with Gasteiger partial charge < -0.3 is 20.5 Å². The predicted molar refractivity (Wildman–Crippen MR) is 75.4 cm³/mol. The van der Waals surface area contributed by atoms with E-state index in [0.29, 0.717) is 6.01 Å². The van der Waals surface area contributed by atoms with Crippen molar-refractivity contribution < 1.29 is 9.84 Å². The van der Waals surface area contributed by atoms with Gasteiger partial charge in [-0.2, -0.15) is 9.97 Å². The largest absolute Gasteiger partial charge is 0.508 e. The number of aromatic nitrogens is 2. The van der Waals surface area contributed by atoms with Crippen LogP contribution in [-0.4, -0.2) is 28.7 Å². The van der Waals surface area contributed by atoms with Gasteiger partial charge >= 0.3 is 6.01 Å². The van der Waals surface area contributed by atoms with E-state index in [1.807, 2.05) is 0 Å². The van der Waals surface area contributed by atoms with Crippen molar-refractivity contribution in [3.63, 3.8) is 0 Å². The molecule has 20 heavy (non-hydrogen) atoms. The minimum absolute atomic E-state index is 0.236. The van der Waals surface area contributed by atoms with E-state index >= 15 is 0 Å². The van der Waals surface area contributed by atoms with Crippen LogP contribution in [0.3, 0.4) is 0 Å². The molecule has 1 aliphatic rings. The number of rotatable bonds is 3. The molecule has 0 amide bonds. The van der Waals surface area contributed by atoms with E-state index in [0.717, 1.165) is 42.3 Å². The first-order valence-corrected chi connectivity index (χ1v) is 6.47. The number of aromatic hydroxyl groups is 1. The van der Waals surface area contributed by atoms with Crippen LogP contribution in [0.25, 0.3) is 0 Å². The Bertz CT molecular complexity index is 613. The summed E-state index contributed by atoms with van der Waals surface area (Å²) in [4.78, 5) is 8.77. The molecule has 0 radical (unpaired) electrons. The number of fused-ring (bicyclic) bond motifs is 1. The quantitative estimate of drug-likeness (QED) is 0.736. The molecule has 3 rings (SSSR count). The van der Waals surface area contributed by atoms with E-state index in [1.165, 1.54) is 0 Å². The molecule has 1 aromatic heterocycles. The molecule has 0 atom stereocenters. The first-order valence-electron chi connectivity index (χ1n) is 6.47. The van der Waals surface area contributed by atoms with E-state index in [1.54, 1.807) is 31.4 Å². The highest BCUT2D eigenvalue weighted by atomic mass is 16.5. The third-order valence-electron chi connectivity index (χ3n) is 3.23. The summed E-state index contributed by atoms with van der Waals surface area (Å²) in [6, 6.07) is 7.22. The Hall–Kier alpha value is -2.34. The number of methoxy groups -OCH3 is 1. The number of anilines is 2. The second-order valence-electron chi connectivity index (χ2n) is 4.58. The highest BCUT2D eigenvalue weighted by molar-refractivity contribution is 5.61. The number of benzene rings is 1. The van der Waals surface area contributed by atoms with Crippen molar-refractivity contribution in [2.45, 2.75) is 13.0 Å². The zero-order valence-corrected chi connectivity index (χ0v) is 11.2. The van der Waals surface area contributed by atoms with Gasteiger partial charge in [0.1, 0.15) is 11.6 Å². The molecule has 104 valence electrons. The number of phenolic OH excluding ortho intramolecular Hbond substituents is 1. The minimum Gasteiger partial charge on any atom is -0.508 e. The summed E-state index contributed by atoms with van der Waals surface area (Å²) in [7, 11) is 1.56. The Balaban J connectivity index is 1.96. The molecule has 2 heterocycles. The molecule has 0 bridgehead atoms. The lowest BCUT2D eigenvalue weighted by atomic mass is 10.1. The van der Waals surface area contributed by atoms with Gasteiger partial charge in [-0.1, -0.05) is 0 Å². The summed E-state index contributed by atoms with van der Waals surface area (Å²) in [5.41, 5.74) is 2.93. The van der Waals surface area contributed by atoms with Crippen LogP contribution in [-0.2, 0) is 13.0 Å². The number of nitrogens with zero attached hydrogens (tertiary/aromatic N) is 2. The second kappa shape index (κ2) is 5.34. The highest BCUT2D eigenvalue weighted by Gasteiger charge is 2.18. The SMILES string of the molecule is COc1nc2c(c(Nc3ccc(O)cc3)n1)CNCC2. The van der Waals surface area contributed by atoms with Crippen LogP contribution < -0.4 is 15.4 Å². The highest BCUT2D eigenvalue weighted by Crippen LogP contribution is 2.26. The Labute approximate surface area is 116 Å². The zero-order valence-electron chi connectivity index (χ0n) is 11.2. The van der Waals surface area contributed by atoms with Gasteiger partial charge in [0, 0.05) is 30.8 Å². The summed E-state index contributed by atoms with van der Waals surface area (Å²) in [5.74, 6) is 0.976. The van der Waals surface area contributed by atoms with E-state index < -0.39 is 0 Å². The summed E-state index contributed by atoms with van der Waals surface area (Å²) in [6.45, 7) is 1.64. The van der Waals surface area contributed by atoms with Gasteiger partial charge in [-0.25, -0.2) is 0 Å². The Morgan fingerprint density at radius 2 is 2.05 bits per heavy atom. The molecular formula is C14H16N4O2. The second-order valence-corrected chi connectivity index (χ2v) is 4.58. The van der Waals surface area contributed by atoms with Gasteiger partial charge in [-0.05, 0) is 24.3 Å². The Morgan fingerprint density at radius 1 is 1.25 bits per heavy atom. The van der Waals surface area contributed by atoms with Crippen LogP contribution in [0.4, 0.5) is 11.5 Å². The molecule has 3 N–H and O–H groups in total. The molecule has 0 spiro atoms. The minimum atomic E-state index is 0.236. The lowest BCUT2D eigenvalue weighted by molar-refractivity contribution is 0.377. The first-order chi connectivity index (χ1) is 9.76. The zero-order chi connectivity index (χ0) is 13.9. The number of hydrogen-bond acceptors (Lipinski definition) is 6. The van der Waals surface area contributed by atoms with Crippen LogP contribution >= 0.6 is 0 Å². The van der Waals surface area contributed by atoms with Crippen molar-refractivity contribution >= 4 is 11.5 Å². The third-order valence-corrected chi connectivity index (χ3v) is 3.23. The first kappa shape index (κ1) is 12.7. The molecule has 0 aliphatic carbocycles. The Kier molecular flexibility index (Phi) is 3.39. The fraction of sp³-hybridized carbons (Fsp3) is 0.286. The number of ether oxygens (including phenoxy) is 1. The van der Waals surface area contributed by atoms with E-state index in [4.69, 9.17) is 4.74 Å². The molecule has 1 aliphatic heterocycles. The number of hydrogen-bond donors (Lipinski definition) is 3. The molecule has 1 aromatic carbocycles. The van der Waals surface area contributed by atoms with Gasteiger partial charge in [0.2, 0.25) is 0 Å². The van der Waals surface area contributed by atoms with Gasteiger partial charge in [-0.15, -0.1) is 0 Å². The lowest BCUT2D eigenvalue weighted by Gasteiger charge is -2.20. The van der Waals surface area contributed by atoms with Gasteiger partial charge in [0.25, 0.3) is 0 Å². The van der Waals surface area contributed by atoms with Crippen molar-refractivity contribution in [3.8, 4) is 11.8 Å². The van der Waals surface area contributed by atoms with Gasteiger partial charge in [-0.3, -0.25) is 0 Å². The van der Waals surface area contributed by atoms with Crippen molar-refractivity contribution in [3.05, 3.63) is 35.5 Å². The lowest BCUT2D eigenvalue weighted by Crippen LogP contribution is -2.26. The molecular weight excluding hydrogens is 256 g/mol. The predicted octanol–water partition coefficient (Wildman–Crippen LogP) is 1.58. The smallest absolute Gasteiger partial charge is 0.318 e. The molecule has 2 aromatic rings. The van der Waals surface area contributed by atoms with Crippen LogP contribution in [0, 0.1) is 0 Å². The molecule has 6 heteroatoms. The fourth-order valence-corrected chi connectivity index (χ4v) is 2.20. The van der Waals surface area contributed by atoms with E-state index in [9.17, 15) is 5.11 Å². The normalized spacial score (nSPS) is 13.7. The average Bonchev–Trinajstić information content (AvgIpc) is 2.49. The van der Waals surface area contributed by atoms with Crippen LogP contribution in [0.5, 0.6) is 11.8 Å². The summed E-state index contributed by atoms with van der Waals surface area (Å²) in [5, 5.41) is 15.9. The van der Waals surface area contributed by atoms with Crippen LogP contribution in [0.1, 0.15) is 11.3 Å². The molecule has 0 saturated carbocycles. The third kappa shape index (κ3) is 2.50. The maximum absolute atomic E-state index is 9.31. The maximum atomic E-state index is 9.31.